The molecule has 40 heavy (non-hydrogen) atoms. The number of ether oxygens (including phenoxy) is 2. The molecule has 3 aromatic carbocycles. The molecule has 0 saturated heterocycles. The van der Waals surface area contributed by atoms with Crippen molar-refractivity contribution in [3.05, 3.63) is 119 Å². The van der Waals surface area contributed by atoms with Gasteiger partial charge >= 0.3 is 0 Å². The van der Waals surface area contributed by atoms with E-state index in [0.717, 1.165) is 37.0 Å². The Balaban J connectivity index is 1.23. The van der Waals surface area contributed by atoms with Gasteiger partial charge in [0.05, 0.1) is 12.2 Å². The van der Waals surface area contributed by atoms with Gasteiger partial charge in [0.1, 0.15) is 18.1 Å². The monoisotopic (exact) mass is 540 g/mol. The summed E-state index contributed by atoms with van der Waals surface area (Å²) in [6.07, 6.45) is 16.6. The first-order valence-electron chi connectivity index (χ1n) is 14.6. The smallest absolute Gasteiger partial charge is 0.189 e. The summed E-state index contributed by atoms with van der Waals surface area (Å²) in [4.78, 5) is 12.8. The number of phenols is 1. The number of hydrogen-bond donors (Lipinski definition) is 1. The van der Waals surface area contributed by atoms with Gasteiger partial charge in [0.2, 0.25) is 0 Å². The zero-order valence-electron chi connectivity index (χ0n) is 23.9. The maximum Gasteiger partial charge on any atom is 0.189 e. The molecule has 3 aromatic rings. The molecule has 0 bridgehead atoms. The molecule has 4 heteroatoms. The lowest BCUT2D eigenvalue weighted by Gasteiger charge is -2.08. The molecule has 0 aromatic heterocycles. The molecule has 4 nitrogen and oxygen atoms in total. The van der Waals surface area contributed by atoms with E-state index in [2.05, 4.69) is 30.3 Å². The van der Waals surface area contributed by atoms with Gasteiger partial charge < -0.3 is 14.6 Å². The SMILES string of the molecule is CC(C=CCCCCCCCCCCOCc1ccccc1)=CC(=O)c1cc(OCc2ccccc2)ccc1O. The van der Waals surface area contributed by atoms with Crippen molar-refractivity contribution in [3.8, 4) is 11.5 Å². The Morgan fingerprint density at radius 2 is 1.35 bits per heavy atom. The molecule has 0 unspecified atom stereocenters. The normalized spacial score (nSPS) is 11.7. The predicted octanol–water partition coefficient (Wildman–Crippen LogP) is 9.38. The van der Waals surface area contributed by atoms with Crippen LogP contribution in [0.5, 0.6) is 11.5 Å². The molecular weight excluding hydrogens is 496 g/mol. The summed E-state index contributed by atoms with van der Waals surface area (Å²) >= 11 is 0. The van der Waals surface area contributed by atoms with Crippen molar-refractivity contribution in [2.24, 2.45) is 0 Å². The lowest BCUT2D eigenvalue weighted by atomic mass is 10.1. The van der Waals surface area contributed by atoms with Crippen LogP contribution in [0.25, 0.3) is 0 Å². The highest BCUT2D eigenvalue weighted by Crippen LogP contribution is 2.25. The van der Waals surface area contributed by atoms with Crippen LogP contribution in [-0.4, -0.2) is 17.5 Å². The van der Waals surface area contributed by atoms with Gasteiger partial charge in [-0.05, 0) is 67.2 Å². The van der Waals surface area contributed by atoms with Crippen molar-refractivity contribution in [2.75, 3.05) is 6.61 Å². The lowest BCUT2D eigenvalue weighted by molar-refractivity contribution is 0.104. The lowest BCUT2D eigenvalue weighted by Crippen LogP contribution is -1.99. The van der Waals surface area contributed by atoms with Gasteiger partial charge in [-0.15, -0.1) is 0 Å². The summed E-state index contributed by atoms with van der Waals surface area (Å²) in [7, 11) is 0. The summed E-state index contributed by atoms with van der Waals surface area (Å²) in [5, 5.41) is 10.2. The summed E-state index contributed by atoms with van der Waals surface area (Å²) in [5.74, 6) is 0.286. The average molecular weight is 541 g/mol. The minimum absolute atomic E-state index is 0.0403. The van der Waals surface area contributed by atoms with Crippen molar-refractivity contribution < 1.29 is 19.4 Å². The van der Waals surface area contributed by atoms with Gasteiger partial charge in [-0.25, -0.2) is 0 Å². The number of aromatic hydroxyl groups is 1. The highest BCUT2D eigenvalue weighted by atomic mass is 16.5. The number of phenolic OH excluding ortho intramolecular Hbond substituents is 1. The number of carbonyl (C=O) groups excluding carboxylic acids is 1. The Kier molecular flexibility index (Phi) is 14.4. The molecule has 0 saturated carbocycles. The minimum Gasteiger partial charge on any atom is -0.507 e. The van der Waals surface area contributed by atoms with Gasteiger partial charge in [0.25, 0.3) is 0 Å². The van der Waals surface area contributed by atoms with Crippen LogP contribution in [0, 0.1) is 0 Å². The summed E-state index contributed by atoms with van der Waals surface area (Å²) in [6.45, 7) is 3.87. The number of allylic oxidation sites excluding steroid dienone is 4. The fourth-order valence-electron chi connectivity index (χ4n) is 4.44. The second-order valence-corrected chi connectivity index (χ2v) is 10.3. The van der Waals surface area contributed by atoms with Crippen LogP contribution in [0.2, 0.25) is 0 Å². The Morgan fingerprint density at radius 1 is 0.750 bits per heavy atom. The van der Waals surface area contributed by atoms with E-state index >= 15 is 0 Å². The Bertz CT molecular complexity index is 1180. The van der Waals surface area contributed by atoms with Crippen LogP contribution >= 0.6 is 0 Å². The average Bonchev–Trinajstić information content (AvgIpc) is 2.98. The highest BCUT2D eigenvalue weighted by Gasteiger charge is 2.11. The molecule has 0 amide bonds. The third kappa shape index (κ3) is 12.5. The summed E-state index contributed by atoms with van der Waals surface area (Å²) in [6, 6.07) is 25.0. The van der Waals surface area contributed by atoms with Crippen molar-refractivity contribution in [2.45, 2.75) is 77.9 Å². The van der Waals surface area contributed by atoms with Crippen molar-refractivity contribution in [3.63, 3.8) is 0 Å². The first-order chi connectivity index (χ1) is 19.6. The first kappa shape index (κ1) is 30.9. The maximum absolute atomic E-state index is 12.8. The molecule has 0 aliphatic rings. The molecule has 212 valence electrons. The minimum atomic E-state index is -0.229. The van der Waals surface area contributed by atoms with E-state index in [0.29, 0.717) is 19.0 Å². The van der Waals surface area contributed by atoms with Crippen LogP contribution in [0.1, 0.15) is 86.2 Å². The molecule has 1 N–H and O–H groups in total. The van der Waals surface area contributed by atoms with Crippen LogP contribution in [-0.2, 0) is 18.0 Å². The van der Waals surface area contributed by atoms with Crippen LogP contribution < -0.4 is 4.74 Å². The van der Waals surface area contributed by atoms with E-state index in [-0.39, 0.29) is 17.1 Å². The predicted molar refractivity (Wildman–Crippen MR) is 164 cm³/mol. The molecule has 0 spiro atoms. The maximum atomic E-state index is 12.8. The van der Waals surface area contributed by atoms with E-state index < -0.39 is 0 Å². The van der Waals surface area contributed by atoms with Gasteiger partial charge in [-0.3, -0.25) is 4.79 Å². The molecule has 0 atom stereocenters. The molecular formula is C36H44O4. The zero-order chi connectivity index (χ0) is 28.3. The number of rotatable bonds is 19. The molecule has 0 aliphatic carbocycles. The van der Waals surface area contributed by atoms with E-state index in [9.17, 15) is 9.90 Å². The second kappa shape index (κ2) is 18.6. The molecule has 3 rings (SSSR count). The third-order valence-electron chi connectivity index (χ3n) is 6.74. The van der Waals surface area contributed by atoms with E-state index in [1.807, 2.05) is 49.4 Å². The Labute approximate surface area is 240 Å². The molecule has 0 aliphatic heterocycles. The van der Waals surface area contributed by atoms with Gasteiger partial charge in [-0.2, -0.15) is 0 Å². The number of ketones is 1. The third-order valence-corrected chi connectivity index (χ3v) is 6.74. The van der Waals surface area contributed by atoms with Crippen molar-refractivity contribution in [1.82, 2.24) is 0 Å². The van der Waals surface area contributed by atoms with Gasteiger partial charge in [0.15, 0.2) is 5.78 Å². The second-order valence-electron chi connectivity index (χ2n) is 10.3. The number of hydrogen-bond acceptors (Lipinski definition) is 4. The Hall–Kier alpha value is -3.63. The summed E-state index contributed by atoms with van der Waals surface area (Å²) < 4.78 is 11.6. The topological polar surface area (TPSA) is 55.8 Å². The number of carbonyl (C=O) groups is 1. The highest BCUT2D eigenvalue weighted by molar-refractivity contribution is 6.07. The quantitative estimate of drug-likeness (QED) is 0.0712. The van der Waals surface area contributed by atoms with Crippen molar-refractivity contribution >= 4 is 5.78 Å². The first-order valence-corrected chi connectivity index (χ1v) is 14.6. The molecule has 0 heterocycles. The Morgan fingerprint density at radius 3 is 2.02 bits per heavy atom. The molecule has 0 radical (unpaired) electrons. The van der Waals surface area contributed by atoms with Crippen LogP contribution in [0.3, 0.4) is 0 Å². The van der Waals surface area contributed by atoms with Gasteiger partial charge in [-0.1, -0.05) is 111 Å². The fourth-order valence-corrected chi connectivity index (χ4v) is 4.44. The standard InChI is InChI=1S/C36H44O4/c1-30(26-36(38)34-27-33(23-24-35(34)37)40-29-32-21-15-11-16-22-32)18-12-8-6-4-2-3-5-7-9-17-25-39-28-31-19-13-10-14-20-31/h10-16,18-24,26-27,37H,2-9,17,25,28-29H2,1H3. The molecule has 0 fully saturated rings. The van der Waals surface area contributed by atoms with Crippen LogP contribution in [0.15, 0.2) is 103 Å². The number of unbranched alkanes of at least 4 members (excludes halogenated alkanes) is 8. The van der Waals surface area contributed by atoms with E-state index in [4.69, 9.17) is 9.47 Å². The van der Waals surface area contributed by atoms with E-state index in [1.54, 1.807) is 18.2 Å². The van der Waals surface area contributed by atoms with Crippen molar-refractivity contribution in [1.29, 1.82) is 0 Å². The summed E-state index contributed by atoms with van der Waals surface area (Å²) in [5.41, 5.74) is 3.40. The fraction of sp³-hybridized carbons (Fsp3) is 0.361. The number of benzene rings is 3. The van der Waals surface area contributed by atoms with Crippen LogP contribution in [0.4, 0.5) is 0 Å². The van der Waals surface area contributed by atoms with Gasteiger partial charge in [0, 0.05) is 6.61 Å². The zero-order valence-corrected chi connectivity index (χ0v) is 23.9. The van der Waals surface area contributed by atoms with E-state index in [1.165, 1.54) is 50.2 Å². The largest absolute Gasteiger partial charge is 0.507 e.